The first-order valence-corrected chi connectivity index (χ1v) is 8.50. The van der Waals surface area contributed by atoms with Gasteiger partial charge < -0.3 is 15.0 Å². The van der Waals surface area contributed by atoms with Gasteiger partial charge in [0.1, 0.15) is 5.75 Å². The van der Waals surface area contributed by atoms with Crippen molar-refractivity contribution in [2.45, 2.75) is 19.8 Å². The summed E-state index contributed by atoms with van der Waals surface area (Å²) in [5.41, 5.74) is 2.42. The van der Waals surface area contributed by atoms with Crippen LogP contribution in [-0.4, -0.2) is 25.0 Å². The van der Waals surface area contributed by atoms with Crippen LogP contribution >= 0.6 is 11.6 Å². The summed E-state index contributed by atoms with van der Waals surface area (Å²) in [4.78, 5) is 25.9. The minimum absolute atomic E-state index is 0.0296. The van der Waals surface area contributed by atoms with Crippen molar-refractivity contribution in [1.29, 1.82) is 0 Å². The highest BCUT2D eigenvalue weighted by Crippen LogP contribution is 2.33. The Morgan fingerprint density at radius 1 is 1.28 bits per heavy atom. The van der Waals surface area contributed by atoms with Gasteiger partial charge in [-0.3, -0.25) is 9.59 Å². The van der Waals surface area contributed by atoms with Crippen LogP contribution in [0.2, 0.25) is 5.02 Å². The second-order valence-corrected chi connectivity index (χ2v) is 6.34. The molecule has 3 rings (SSSR count). The first kappa shape index (κ1) is 17.3. The minimum Gasteiger partial charge on any atom is -0.482 e. The Morgan fingerprint density at radius 3 is 2.88 bits per heavy atom. The van der Waals surface area contributed by atoms with Crippen molar-refractivity contribution in [3.8, 4) is 5.75 Å². The predicted molar refractivity (Wildman–Crippen MR) is 98.3 cm³/mol. The molecule has 25 heavy (non-hydrogen) atoms. The van der Waals surface area contributed by atoms with Crippen LogP contribution in [-0.2, 0) is 9.59 Å². The smallest absolute Gasteiger partial charge is 0.265 e. The average Bonchev–Trinajstić information content (AvgIpc) is 2.59. The van der Waals surface area contributed by atoms with Gasteiger partial charge in [0.05, 0.1) is 16.4 Å². The van der Waals surface area contributed by atoms with E-state index in [4.69, 9.17) is 16.3 Å². The summed E-state index contributed by atoms with van der Waals surface area (Å²) in [7, 11) is 0. The lowest BCUT2D eigenvalue weighted by Crippen LogP contribution is -2.39. The van der Waals surface area contributed by atoms with Crippen LogP contribution in [0.4, 0.5) is 11.4 Å². The Balaban J connectivity index is 1.59. The Hall–Kier alpha value is -2.53. The summed E-state index contributed by atoms with van der Waals surface area (Å²) in [6, 6.07) is 12.8. The molecule has 0 saturated heterocycles. The van der Waals surface area contributed by atoms with E-state index < -0.39 is 0 Å². The maximum absolute atomic E-state index is 12.2. The molecule has 130 valence electrons. The lowest BCUT2D eigenvalue weighted by Gasteiger charge is -2.29. The number of hydrogen-bond acceptors (Lipinski definition) is 3. The molecule has 0 aliphatic carbocycles. The van der Waals surface area contributed by atoms with Gasteiger partial charge in [0, 0.05) is 13.0 Å². The highest BCUT2D eigenvalue weighted by Gasteiger charge is 2.25. The first-order valence-electron chi connectivity index (χ1n) is 8.13. The third-order valence-corrected chi connectivity index (χ3v) is 4.32. The van der Waals surface area contributed by atoms with Crippen molar-refractivity contribution in [2.75, 3.05) is 23.4 Å². The summed E-state index contributed by atoms with van der Waals surface area (Å²) >= 11 is 6.03. The molecule has 0 radical (unpaired) electrons. The van der Waals surface area contributed by atoms with E-state index in [2.05, 4.69) is 5.32 Å². The molecular weight excluding hydrogens is 340 g/mol. The van der Waals surface area contributed by atoms with Crippen LogP contribution in [0, 0.1) is 6.92 Å². The molecule has 0 saturated carbocycles. The van der Waals surface area contributed by atoms with Gasteiger partial charge in [-0.25, -0.2) is 0 Å². The number of benzene rings is 2. The number of hydrogen-bond donors (Lipinski definition) is 1. The van der Waals surface area contributed by atoms with Gasteiger partial charge in [0.25, 0.3) is 5.91 Å². The number of amides is 2. The van der Waals surface area contributed by atoms with Gasteiger partial charge >= 0.3 is 0 Å². The van der Waals surface area contributed by atoms with Crippen molar-refractivity contribution < 1.29 is 14.3 Å². The number of para-hydroxylation sites is 1. The molecule has 0 fully saturated rings. The van der Waals surface area contributed by atoms with Gasteiger partial charge in [-0.05, 0) is 43.2 Å². The van der Waals surface area contributed by atoms with Crippen LogP contribution in [0.5, 0.6) is 5.75 Å². The largest absolute Gasteiger partial charge is 0.482 e. The number of fused-ring (bicyclic) bond motifs is 1. The van der Waals surface area contributed by atoms with Crippen molar-refractivity contribution in [3.05, 3.63) is 53.1 Å². The Kier molecular flexibility index (Phi) is 5.24. The third kappa shape index (κ3) is 4.12. The fraction of sp³-hybridized carbons (Fsp3) is 0.263. The number of nitrogens with one attached hydrogen (secondary N) is 1. The van der Waals surface area contributed by atoms with E-state index in [9.17, 15) is 9.59 Å². The summed E-state index contributed by atoms with van der Waals surface area (Å²) in [6.07, 6.45) is 0.854. The monoisotopic (exact) mass is 358 g/mol. The lowest BCUT2D eigenvalue weighted by atomic mass is 10.1. The number of rotatable bonds is 5. The maximum atomic E-state index is 12.2. The van der Waals surface area contributed by atoms with E-state index in [0.29, 0.717) is 35.8 Å². The number of halogens is 1. The molecule has 0 aromatic heterocycles. The van der Waals surface area contributed by atoms with Crippen LogP contribution in [0.1, 0.15) is 18.4 Å². The molecule has 1 aliphatic rings. The van der Waals surface area contributed by atoms with Crippen molar-refractivity contribution >= 4 is 34.8 Å². The van der Waals surface area contributed by atoms with E-state index in [-0.39, 0.29) is 18.4 Å². The topological polar surface area (TPSA) is 58.6 Å². The minimum atomic E-state index is -0.127. The fourth-order valence-corrected chi connectivity index (χ4v) is 2.91. The van der Waals surface area contributed by atoms with Gasteiger partial charge in [0.2, 0.25) is 5.91 Å². The highest BCUT2D eigenvalue weighted by molar-refractivity contribution is 6.33. The van der Waals surface area contributed by atoms with E-state index in [0.717, 1.165) is 11.3 Å². The van der Waals surface area contributed by atoms with Crippen molar-refractivity contribution in [3.63, 3.8) is 0 Å². The quantitative estimate of drug-likeness (QED) is 0.884. The number of ether oxygens (including phenoxy) is 1. The van der Waals surface area contributed by atoms with Gasteiger partial charge in [-0.2, -0.15) is 0 Å². The Morgan fingerprint density at radius 2 is 2.08 bits per heavy atom. The zero-order valence-electron chi connectivity index (χ0n) is 13.9. The zero-order chi connectivity index (χ0) is 17.8. The average molecular weight is 359 g/mol. The molecule has 5 nitrogen and oxygen atoms in total. The zero-order valence-corrected chi connectivity index (χ0v) is 14.7. The molecule has 2 aromatic carbocycles. The standard InChI is InChI=1S/C19H19ClN2O3/c1-13-8-9-17-16(11-13)22(19(24)12-25-17)10-4-7-18(23)21-15-6-3-2-5-14(15)20/h2-3,5-6,8-9,11H,4,7,10,12H2,1H3,(H,21,23). The fourth-order valence-electron chi connectivity index (χ4n) is 2.73. The molecule has 0 unspecified atom stereocenters. The summed E-state index contributed by atoms with van der Waals surface area (Å²) in [6.45, 7) is 2.46. The summed E-state index contributed by atoms with van der Waals surface area (Å²) in [5, 5.41) is 3.29. The molecule has 1 heterocycles. The van der Waals surface area contributed by atoms with Gasteiger partial charge in [-0.15, -0.1) is 0 Å². The third-order valence-electron chi connectivity index (χ3n) is 3.99. The molecule has 0 spiro atoms. The molecule has 2 amide bonds. The van der Waals surface area contributed by atoms with E-state index in [1.165, 1.54) is 0 Å². The van der Waals surface area contributed by atoms with E-state index >= 15 is 0 Å². The summed E-state index contributed by atoms with van der Waals surface area (Å²) < 4.78 is 5.46. The van der Waals surface area contributed by atoms with Gasteiger partial charge in [0.15, 0.2) is 6.61 Å². The number of anilines is 2. The van der Waals surface area contributed by atoms with E-state index in [1.807, 2.05) is 37.3 Å². The van der Waals surface area contributed by atoms with Crippen LogP contribution in [0.3, 0.4) is 0 Å². The first-order chi connectivity index (χ1) is 12.0. The summed E-state index contributed by atoms with van der Waals surface area (Å²) in [5.74, 6) is 0.480. The second kappa shape index (κ2) is 7.57. The predicted octanol–water partition coefficient (Wildman–Crippen LogP) is 3.79. The molecule has 0 bridgehead atoms. The van der Waals surface area contributed by atoms with Crippen LogP contribution < -0.4 is 15.0 Å². The molecular formula is C19H19ClN2O3. The molecule has 6 heteroatoms. The normalized spacial score (nSPS) is 13.2. The molecule has 2 aromatic rings. The highest BCUT2D eigenvalue weighted by atomic mass is 35.5. The molecule has 1 aliphatic heterocycles. The number of carbonyl (C=O) groups excluding carboxylic acids is 2. The van der Waals surface area contributed by atoms with Crippen molar-refractivity contribution in [2.24, 2.45) is 0 Å². The molecule has 1 N–H and O–H groups in total. The molecule has 0 atom stereocenters. The van der Waals surface area contributed by atoms with Crippen LogP contribution in [0.15, 0.2) is 42.5 Å². The Bertz CT molecular complexity index is 807. The van der Waals surface area contributed by atoms with Crippen molar-refractivity contribution in [1.82, 2.24) is 0 Å². The number of aryl methyl sites for hydroxylation is 1. The van der Waals surface area contributed by atoms with E-state index in [1.54, 1.807) is 17.0 Å². The second-order valence-electron chi connectivity index (χ2n) is 5.94. The lowest BCUT2D eigenvalue weighted by molar-refractivity contribution is -0.121. The maximum Gasteiger partial charge on any atom is 0.265 e. The Labute approximate surface area is 151 Å². The number of carbonyl (C=O) groups is 2. The van der Waals surface area contributed by atoms with Crippen LogP contribution in [0.25, 0.3) is 0 Å². The van der Waals surface area contributed by atoms with Gasteiger partial charge in [-0.1, -0.05) is 29.8 Å². The SMILES string of the molecule is Cc1ccc2c(c1)N(CCCC(=O)Nc1ccccc1Cl)C(=O)CO2. The number of nitrogens with zero attached hydrogens (tertiary/aromatic N) is 1.